The zero-order chi connectivity index (χ0) is 16.6. The van der Waals surface area contributed by atoms with E-state index in [1.54, 1.807) is 0 Å². The van der Waals surface area contributed by atoms with Crippen LogP contribution in [-0.2, 0) is 4.79 Å². The maximum absolute atomic E-state index is 8.81. The Kier molecular flexibility index (Phi) is 21.1. The van der Waals surface area contributed by atoms with Gasteiger partial charge < -0.3 is 9.69 Å². The van der Waals surface area contributed by atoms with Gasteiger partial charge >= 0.3 is 0 Å². The molecule has 0 amide bonds. The van der Waals surface area contributed by atoms with E-state index in [2.05, 4.69) is 11.0 Å². The molecule has 0 bridgehead atoms. The van der Waals surface area contributed by atoms with Crippen LogP contribution in [0.2, 0.25) is 5.02 Å². The van der Waals surface area contributed by atoms with Gasteiger partial charge in [-0.2, -0.15) is 0 Å². The molecule has 0 atom stereocenters. The molecule has 0 heterocycles. The second kappa shape index (κ2) is 17.7. The van der Waals surface area contributed by atoms with Crippen molar-refractivity contribution in [2.45, 2.75) is 48.5 Å². The lowest BCUT2D eigenvalue weighted by atomic mass is 10.2. The maximum Gasteiger partial charge on any atom is 0.116 e. The fourth-order valence-corrected chi connectivity index (χ4v) is 1.45. The van der Waals surface area contributed by atoms with Crippen molar-refractivity contribution in [1.82, 2.24) is 0 Å². The first kappa shape index (κ1) is 23.8. The third kappa shape index (κ3) is 10.6. The Morgan fingerprint density at radius 3 is 1.95 bits per heavy atom. The Hall–Kier alpha value is -1.28. The molecule has 0 spiro atoms. The molecule has 1 rings (SSSR count). The summed E-state index contributed by atoms with van der Waals surface area (Å²) in [5.74, 6) is 0. The summed E-state index contributed by atoms with van der Waals surface area (Å²) in [4.78, 5) is 10.9. The number of benzene rings is 1. The van der Waals surface area contributed by atoms with Gasteiger partial charge in [0.1, 0.15) is 6.29 Å². The molecule has 0 saturated carbocycles. The van der Waals surface area contributed by atoms with Crippen LogP contribution in [0.1, 0.15) is 47.1 Å². The highest BCUT2D eigenvalue weighted by atomic mass is 35.5. The van der Waals surface area contributed by atoms with Gasteiger partial charge in [0.15, 0.2) is 0 Å². The van der Waals surface area contributed by atoms with Crippen LogP contribution in [0.15, 0.2) is 30.5 Å². The highest BCUT2D eigenvalue weighted by Crippen LogP contribution is 2.25. The van der Waals surface area contributed by atoms with Crippen molar-refractivity contribution >= 4 is 23.6 Å². The second-order valence-electron chi connectivity index (χ2n) is 3.21. The van der Waals surface area contributed by atoms with Crippen LogP contribution in [0.4, 0.5) is 5.69 Å². The fraction of sp³-hybridized carbons (Fsp3) is 0.471. The highest BCUT2D eigenvalue weighted by Gasteiger charge is 2.03. The quantitative estimate of drug-likeness (QED) is 0.636. The van der Waals surface area contributed by atoms with Crippen molar-refractivity contribution < 1.29 is 4.79 Å². The third-order valence-electron chi connectivity index (χ3n) is 1.99. The molecule has 0 aliphatic carbocycles. The lowest BCUT2D eigenvalue weighted by molar-refractivity contribution is -0.106. The molecule has 3 heteroatoms. The summed E-state index contributed by atoms with van der Waals surface area (Å²) in [6.45, 7) is 13.5. The van der Waals surface area contributed by atoms with E-state index < -0.39 is 0 Å². The van der Waals surface area contributed by atoms with Crippen LogP contribution >= 0.6 is 11.6 Å². The molecular formula is C17H30ClNO. The molecular weight excluding hydrogens is 270 g/mol. The number of anilines is 1. The van der Waals surface area contributed by atoms with Gasteiger partial charge in [0.2, 0.25) is 0 Å². The largest absolute Gasteiger partial charge is 0.351 e. The average molecular weight is 300 g/mol. The Bertz CT molecular complexity index is 362. The van der Waals surface area contributed by atoms with Crippen molar-refractivity contribution in [3.8, 4) is 0 Å². The number of nitrogens with zero attached hydrogens (tertiary/aromatic N) is 1. The molecule has 0 saturated heterocycles. The Balaban J connectivity index is -0.000000355. The SMILES string of the molecule is C/C=C\N(C)c1cccc(Cl)c1C.CC.CC.CC=O. The molecule has 0 aromatic heterocycles. The van der Waals surface area contributed by atoms with Gasteiger partial charge in [0, 0.05) is 17.8 Å². The molecule has 0 N–H and O–H groups in total. The number of hydrogen-bond donors (Lipinski definition) is 0. The Labute approximate surface area is 130 Å². The molecule has 1 aromatic carbocycles. The lowest BCUT2D eigenvalue weighted by Gasteiger charge is -2.17. The number of carbonyl (C=O) groups excluding carboxylic acids is 1. The normalized spacial score (nSPS) is 8.25. The van der Waals surface area contributed by atoms with Crippen LogP contribution in [0.3, 0.4) is 0 Å². The standard InChI is InChI=1S/C11H14ClN.C2H4O.2C2H6/c1-4-8-13(3)11-7-5-6-10(12)9(11)2;1-2-3;2*1-2/h4-8H,1-3H3;2H,1H3;2*1-2H3/b8-4-;;;. The minimum absolute atomic E-state index is 0.750. The zero-order valence-corrected chi connectivity index (χ0v) is 15.0. The van der Waals surface area contributed by atoms with Gasteiger partial charge in [0.05, 0.1) is 0 Å². The van der Waals surface area contributed by atoms with Crippen molar-refractivity contribution in [2.75, 3.05) is 11.9 Å². The van der Waals surface area contributed by atoms with Crippen molar-refractivity contribution in [3.63, 3.8) is 0 Å². The summed E-state index contributed by atoms with van der Waals surface area (Å²) in [5, 5.41) is 0.814. The number of rotatable bonds is 2. The van der Waals surface area contributed by atoms with Crippen molar-refractivity contribution in [3.05, 3.63) is 41.1 Å². The van der Waals surface area contributed by atoms with E-state index in [0.29, 0.717) is 0 Å². The predicted molar refractivity (Wildman–Crippen MR) is 93.8 cm³/mol. The Morgan fingerprint density at radius 2 is 1.55 bits per heavy atom. The highest BCUT2D eigenvalue weighted by molar-refractivity contribution is 6.31. The summed E-state index contributed by atoms with van der Waals surface area (Å²) in [6.07, 6.45) is 4.76. The topological polar surface area (TPSA) is 20.3 Å². The van der Waals surface area contributed by atoms with Crippen LogP contribution in [0.5, 0.6) is 0 Å². The van der Waals surface area contributed by atoms with Crippen LogP contribution in [0.25, 0.3) is 0 Å². The first-order valence-corrected chi connectivity index (χ1v) is 7.46. The van der Waals surface area contributed by atoms with E-state index in [4.69, 9.17) is 16.4 Å². The predicted octanol–water partition coefficient (Wildman–Crippen LogP) is 5.88. The van der Waals surface area contributed by atoms with Crippen LogP contribution in [-0.4, -0.2) is 13.3 Å². The summed E-state index contributed by atoms with van der Waals surface area (Å²) in [7, 11) is 2.01. The Morgan fingerprint density at radius 1 is 1.10 bits per heavy atom. The molecule has 2 nitrogen and oxygen atoms in total. The molecule has 116 valence electrons. The maximum atomic E-state index is 8.81. The molecule has 1 aromatic rings. The smallest absolute Gasteiger partial charge is 0.116 e. The minimum Gasteiger partial charge on any atom is -0.351 e. The van der Waals surface area contributed by atoms with E-state index in [-0.39, 0.29) is 0 Å². The second-order valence-corrected chi connectivity index (χ2v) is 3.62. The van der Waals surface area contributed by atoms with Crippen molar-refractivity contribution in [2.24, 2.45) is 0 Å². The van der Waals surface area contributed by atoms with E-state index in [9.17, 15) is 0 Å². The molecule has 0 radical (unpaired) electrons. The number of hydrogen-bond acceptors (Lipinski definition) is 2. The van der Waals surface area contributed by atoms with Crippen LogP contribution < -0.4 is 4.90 Å². The lowest BCUT2D eigenvalue weighted by Crippen LogP contribution is -2.08. The molecule has 0 aliphatic heterocycles. The van der Waals surface area contributed by atoms with E-state index in [0.717, 1.165) is 22.6 Å². The molecule has 0 aliphatic rings. The summed E-state index contributed by atoms with van der Waals surface area (Å²) in [5.41, 5.74) is 2.26. The number of halogens is 1. The number of allylic oxidation sites excluding steroid dienone is 1. The van der Waals surface area contributed by atoms with Gasteiger partial charge in [-0.15, -0.1) is 0 Å². The van der Waals surface area contributed by atoms with Crippen LogP contribution in [0, 0.1) is 6.92 Å². The van der Waals surface area contributed by atoms with E-state index in [1.807, 2.05) is 73.0 Å². The number of aldehydes is 1. The number of carbonyl (C=O) groups is 1. The van der Waals surface area contributed by atoms with E-state index in [1.165, 1.54) is 6.92 Å². The first-order valence-electron chi connectivity index (χ1n) is 7.09. The van der Waals surface area contributed by atoms with Gasteiger partial charge in [-0.1, -0.05) is 51.4 Å². The minimum atomic E-state index is 0.750. The van der Waals surface area contributed by atoms with Crippen molar-refractivity contribution in [1.29, 1.82) is 0 Å². The monoisotopic (exact) mass is 299 g/mol. The van der Waals surface area contributed by atoms with Gasteiger partial charge in [-0.3, -0.25) is 0 Å². The summed E-state index contributed by atoms with van der Waals surface area (Å²) >= 11 is 6.01. The van der Waals surface area contributed by atoms with Gasteiger partial charge in [-0.05, 0) is 44.7 Å². The first-order chi connectivity index (χ1) is 9.58. The zero-order valence-electron chi connectivity index (χ0n) is 14.2. The third-order valence-corrected chi connectivity index (χ3v) is 2.40. The van der Waals surface area contributed by atoms with Gasteiger partial charge in [0.25, 0.3) is 0 Å². The molecule has 20 heavy (non-hydrogen) atoms. The van der Waals surface area contributed by atoms with Gasteiger partial charge in [-0.25, -0.2) is 0 Å². The molecule has 0 unspecified atom stereocenters. The van der Waals surface area contributed by atoms with E-state index >= 15 is 0 Å². The summed E-state index contributed by atoms with van der Waals surface area (Å²) in [6, 6.07) is 5.93. The average Bonchev–Trinajstić information content (AvgIpc) is 2.47. The molecule has 0 fully saturated rings. The fourth-order valence-electron chi connectivity index (χ4n) is 1.28. The summed E-state index contributed by atoms with van der Waals surface area (Å²) < 4.78 is 0.